The summed E-state index contributed by atoms with van der Waals surface area (Å²) < 4.78 is 5.89. The fourth-order valence-electron chi connectivity index (χ4n) is 1.73. The molecule has 1 amide bonds. The van der Waals surface area contributed by atoms with E-state index in [2.05, 4.69) is 21.2 Å². The van der Waals surface area contributed by atoms with E-state index < -0.39 is 0 Å². The van der Waals surface area contributed by atoms with Crippen LogP contribution in [0.15, 0.2) is 53.0 Å². The van der Waals surface area contributed by atoms with Gasteiger partial charge < -0.3 is 15.2 Å². The molecule has 0 radical (unpaired) electrons. The number of benzene rings is 2. The highest BCUT2D eigenvalue weighted by molar-refractivity contribution is 9.10. The Kier molecular flexibility index (Phi) is 5.00. The third-order valence-electron chi connectivity index (χ3n) is 2.72. The molecule has 2 aromatic rings. The van der Waals surface area contributed by atoms with Crippen molar-refractivity contribution in [2.24, 2.45) is 0 Å². The number of halogens is 1. The van der Waals surface area contributed by atoms with Gasteiger partial charge in [-0.25, -0.2) is 0 Å². The van der Waals surface area contributed by atoms with Crippen LogP contribution < -0.4 is 10.1 Å². The molecule has 0 aliphatic rings. The van der Waals surface area contributed by atoms with Crippen molar-refractivity contribution in [1.29, 1.82) is 0 Å². The van der Waals surface area contributed by atoms with Gasteiger partial charge in [0.15, 0.2) is 11.5 Å². The second-order valence-electron chi connectivity index (χ2n) is 4.26. The Morgan fingerprint density at radius 1 is 1.29 bits per heavy atom. The molecule has 0 aromatic heterocycles. The lowest BCUT2D eigenvalue weighted by Crippen LogP contribution is -2.07. The van der Waals surface area contributed by atoms with Crippen LogP contribution in [0.4, 0.5) is 5.69 Å². The van der Waals surface area contributed by atoms with Crippen LogP contribution in [0, 0.1) is 0 Å². The van der Waals surface area contributed by atoms with Crippen LogP contribution in [0.3, 0.4) is 0 Å². The minimum absolute atomic E-state index is 0.0220. The number of phenols is 1. The van der Waals surface area contributed by atoms with Gasteiger partial charge in [0.05, 0.1) is 7.11 Å². The summed E-state index contributed by atoms with van der Waals surface area (Å²) in [6.07, 6.45) is 3.15. The van der Waals surface area contributed by atoms with Crippen LogP contribution in [0.2, 0.25) is 0 Å². The molecule has 0 unspecified atom stereocenters. The first-order chi connectivity index (χ1) is 10.1. The number of aromatic hydroxyl groups is 1. The number of rotatable bonds is 4. The molecular formula is C16H14BrNO3. The van der Waals surface area contributed by atoms with Crippen molar-refractivity contribution in [3.8, 4) is 11.5 Å². The van der Waals surface area contributed by atoms with E-state index in [4.69, 9.17) is 4.74 Å². The fourth-order valence-corrected chi connectivity index (χ4v) is 2.15. The molecule has 0 spiro atoms. The van der Waals surface area contributed by atoms with Crippen LogP contribution in [-0.4, -0.2) is 18.1 Å². The fraction of sp³-hybridized carbons (Fsp3) is 0.0625. The normalized spacial score (nSPS) is 10.6. The molecule has 5 heteroatoms. The monoisotopic (exact) mass is 347 g/mol. The Labute approximate surface area is 131 Å². The maximum Gasteiger partial charge on any atom is 0.248 e. The summed E-state index contributed by atoms with van der Waals surface area (Å²) in [5, 5.41) is 12.3. The second-order valence-corrected chi connectivity index (χ2v) is 5.18. The van der Waals surface area contributed by atoms with Crippen molar-refractivity contribution in [1.82, 2.24) is 0 Å². The Bertz CT molecular complexity index is 683. The molecule has 2 rings (SSSR count). The summed E-state index contributed by atoms with van der Waals surface area (Å²) in [6.45, 7) is 0. The average molecular weight is 348 g/mol. The first-order valence-corrected chi connectivity index (χ1v) is 6.99. The van der Waals surface area contributed by atoms with E-state index in [1.165, 1.54) is 19.3 Å². The van der Waals surface area contributed by atoms with E-state index in [1.807, 2.05) is 24.3 Å². The highest BCUT2D eigenvalue weighted by Crippen LogP contribution is 2.28. The Balaban J connectivity index is 2.03. The number of hydrogen-bond donors (Lipinski definition) is 2. The molecule has 0 aliphatic carbocycles. The molecule has 2 aromatic carbocycles. The zero-order valence-corrected chi connectivity index (χ0v) is 12.9. The topological polar surface area (TPSA) is 58.6 Å². The van der Waals surface area contributed by atoms with Crippen LogP contribution in [0.1, 0.15) is 5.56 Å². The lowest BCUT2D eigenvalue weighted by atomic mass is 10.2. The third kappa shape index (κ3) is 4.36. The van der Waals surface area contributed by atoms with Crippen LogP contribution in [0.5, 0.6) is 11.5 Å². The number of amides is 1. The maximum atomic E-state index is 11.8. The molecule has 4 nitrogen and oxygen atoms in total. The van der Waals surface area contributed by atoms with Gasteiger partial charge in [0.25, 0.3) is 0 Å². The summed E-state index contributed by atoms with van der Waals surface area (Å²) in [5.74, 6) is 0.0588. The highest BCUT2D eigenvalue weighted by Gasteiger charge is 2.04. The largest absolute Gasteiger partial charge is 0.504 e. The molecule has 21 heavy (non-hydrogen) atoms. The summed E-state index contributed by atoms with van der Waals surface area (Å²) in [7, 11) is 1.47. The van der Waals surface area contributed by atoms with Crippen molar-refractivity contribution >= 4 is 33.6 Å². The smallest absolute Gasteiger partial charge is 0.248 e. The molecule has 0 aliphatic heterocycles. The van der Waals surface area contributed by atoms with E-state index >= 15 is 0 Å². The maximum absolute atomic E-state index is 11.8. The van der Waals surface area contributed by atoms with Crippen LogP contribution in [0.25, 0.3) is 6.08 Å². The summed E-state index contributed by atoms with van der Waals surface area (Å²) in [4.78, 5) is 11.8. The number of methoxy groups -OCH3 is 1. The molecule has 0 bridgehead atoms. The van der Waals surface area contributed by atoms with Gasteiger partial charge in [0.1, 0.15) is 0 Å². The van der Waals surface area contributed by atoms with Gasteiger partial charge in [-0.15, -0.1) is 0 Å². The van der Waals surface area contributed by atoms with E-state index in [-0.39, 0.29) is 11.7 Å². The summed E-state index contributed by atoms with van der Waals surface area (Å²) in [5.41, 5.74) is 1.41. The van der Waals surface area contributed by atoms with E-state index in [0.29, 0.717) is 11.4 Å². The first-order valence-electron chi connectivity index (χ1n) is 6.20. The minimum Gasteiger partial charge on any atom is -0.504 e. The Morgan fingerprint density at radius 2 is 2.10 bits per heavy atom. The summed E-state index contributed by atoms with van der Waals surface area (Å²) >= 11 is 3.37. The lowest BCUT2D eigenvalue weighted by Gasteiger charge is -2.06. The number of carbonyl (C=O) groups is 1. The van der Waals surface area contributed by atoms with E-state index in [9.17, 15) is 9.90 Å². The number of phenolic OH excluding ortho intramolecular Hbond substituents is 1. The lowest BCUT2D eigenvalue weighted by molar-refractivity contribution is -0.111. The molecule has 0 fully saturated rings. The number of nitrogens with one attached hydrogen (secondary N) is 1. The average Bonchev–Trinajstić information content (AvgIpc) is 2.45. The zero-order valence-electron chi connectivity index (χ0n) is 11.3. The Morgan fingerprint density at radius 3 is 2.76 bits per heavy atom. The van der Waals surface area contributed by atoms with E-state index in [1.54, 1.807) is 18.2 Å². The van der Waals surface area contributed by atoms with Crippen LogP contribution >= 0.6 is 15.9 Å². The second kappa shape index (κ2) is 6.95. The van der Waals surface area contributed by atoms with Crippen molar-refractivity contribution in [3.63, 3.8) is 0 Å². The molecule has 2 N–H and O–H groups in total. The molecule has 0 heterocycles. The SMILES string of the molecule is COc1ccc(NC(=O)/C=C/c2cccc(Br)c2)cc1O. The van der Waals surface area contributed by atoms with Crippen molar-refractivity contribution in [2.75, 3.05) is 12.4 Å². The molecule has 0 saturated carbocycles. The van der Waals surface area contributed by atoms with Gasteiger partial charge in [-0.1, -0.05) is 28.1 Å². The zero-order chi connectivity index (χ0) is 15.2. The van der Waals surface area contributed by atoms with Crippen molar-refractivity contribution < 1.29 is 14.6 Å². The molecule has 0 saturated heterocycles. The third-order valence-corrected chi connectivity index (χ3v) is 3.22. The molecule has 0 atom stereocenters. The predicted octanol–water partition coefficient (Wildman–Crippen LogP) is 3.82. The van der Waals surface area contributed by atoms with Crippen LogP contribution in [-0.2, 0) is 4.79 Å². The van der Waals surface area contributed by atoms with Gasteiger partial charge in [0.2, 0.25) is 5.91 Å². The first kappa shape index (κ1) is 15.1. The number of ether oxygens (including phenoxy) is 1. The molecular weight excluding hydrogens is 334 g/mol. The van der Waals surface area contributed by atoms with Gasteiger partial charge >= 0.3 is 0 Å². The quantitative estimate of drug-likeness (QED) is 0.826. The number of carbonyl (C=O) groups excluding carboxylic acids is 1. The minimum atomic E-state index is -0.278. The number of anilines is 1. The number of hydrogen-bond acceptors (Lipinski definition) is 3. The van der Waals surface area contributed by atoms with E-state index in [0.717, 1.165) is 10.0 Å². The van der Waals surface area contributed by atoms with Crippen molar-refractivity contribution in [2.45, 2.75) is 0 Å². The van der Waals surface area contributed by atoms with Gasteiger partial charge in [-0.3, -0.25) is 4.79 Å². The predicted molar refractivity (Wildman–Crippen MR) is 86.5 cm³/mol. The Hall–Kier alpha value is -2.27. The highest BCUT2D eigenvalue weighted by atomic mass is 79.9. The van der Waals surface area contributed by atoms with Gasteiger partial charge in [-0.05, 0) is 35.9 Å². The molecule has 108 valence electrons. The van der Waals surface area contributed by atoms with Gasteiger partial charge in [-0.2, -0.15) is 0 Å². The van der Waals surface area contributed by atoms with Gasteiger partial charge in [0, 0.05) is 22.3 Å². The summed E-state index contributed by atoms with van der Waals surface area (Å²) in [6, 6.07) is 12.3. The standard InChI is InChI=1S/C16H14BrNO3/c1-21-15-7-6-13(10-14(15)19)18-16(20)8-5-11-3-2-4-12(17)9-11/h2-10,19H,1H3,(H,18,20)/b8-5+. The van der Waals surface area contributed by atoms with Crippen molar-refractivity contribution in [3.05, 3.63) is 58.6 Å².